The lowest BCUT2D eigenvalue weighted by Crippen LogP contribution is -2.66. The van der Waals surface area contributed by atoms with Gasteiger partial charge in [0.25, 0.3) is 8.32 Å². The Morgan fingerprint density at radius 2 is 1.59 bits per heavy atom. The summed E-state index contributed by atoms with van der Waals surface area (Å²) in [6, 6.07) is 25.5. The number of phenols is 1. The Morgan fingerprint density at radius 3 is 2.15 bits per heavy atom. The first-order valence-electron chi connectivity index (χ1n) is 19.7. The molecule has 3 aromatic rings. The van der Waals surface area contributed by atoms with E-state index in [2.05, 4.69) is 52.0 Å². The van der Waals surface area contributed by atoms with Crippen LogP contribution in [0.25, 0.3) is 6.08 Å². The number of benzene rings is 3. The summed E-state index contributed by atoms with van der Waals surface area (Å²) in [7, 11) is -3.01. The molecule has 6 rings (SSSR count). The molecule has 1 saturated heterocycles. The normalized spacial score (nSPS) is 22.2. The molecule has 0 radical (unpaired) electrons. The van der Waals surface area contributed by atoms with Crippen LogP contribution in [0.15, 0.2) is 95.6 Å². The first-order valence-corrected chi connectivity index (χ1v) is 22.0. The summed E-state index contributed by atoms with van der Waals surface area (Å²) in [5.41, 5.74) is 3.30. The Kier molecular flexibility index (Phi) is 12.7. The van der Waals surface area contributed by atoms with Crippen molar-refractivity contribution in [3.63, 3.8) is 0 Å². The molecule has 2 fully saturated rings. The molecule has 7 nitrogen and oxygen atoms in total. The van der Waals surface area contributed by atoms with Crippen LogP contribution >= 0.6 is 11.6 Å². The molecule has 0 aromatic heterocycles. The highest BCUT2D eigenvalue weighted by atomic mass is 35.5. The maximum Gasteiger partial charge on any atom is 0.261 e. The lowest BCUT2D eigenvalue weighted by Gasteiger charge is -2.44. The predicted octanol–water partition coefficient (Wildman–Crippen LogP) is 7.80. The van der Waals surface area contributed by atoms with Gasteiger partial charge in [0, 0.05) is 12.0 Å². The number of carbonyl (C=O) groups excluding carboxylic acids is 2. The quantitative estimate of drug-likeness (QED) is 0.0931. The SMILES string of the molecule is CC/C(=C\c1ccc(O)cc1Cl)CC[C@@H](O)C1=C(CO[Si](c2ccccc2)(c2ccccc2)C(C)(C)C)C[C@H]2C(=O)N(C3CCCCC3)C(=O)[C@H]2[C@H]1CO. The van der Waals surface area contributed by atoms with Crippen molar-refractivity contribution in [1.29, 1.82) is 0 Å². The van der Waals surface area contributed by atoms with Crippen molar-refractivity contribution < 1.29 is 29.3 Å². The number of aliphatic hydroxyl groups is 2. The number of aliphatic hydroxyl groups excluding tert-OH is 2. The maximum absolute atomic E-state index is 14.3. The van der Waals surface area contributed by atoms with Gasteiger partial charge in [0.1, 0.15) is 5.75 Å². The topological polar surface area (TPSA) is 107 Å². The van der Waals surface area contributed by atoms with Crippen LogP contribution in [0, 0.1) is 17.8 Å². The van der Waals surface area contributed by atoms with Crippen molar-refractivity contribution in [1.82, 2.24) is 4.90 Å². The van der Waals surface area contributed by atoms with Gasteiger partial charge in [0.15, 0.2) is 0 Å². The molecule has 9 heteroatoms. The summed E-state index contributed by atoms with van der Waals surface area (Å²) in [6.07, 6.45) is 7.66. The molecule has 2 amide bonds. The molecule has 54 heavy (non-hydrogen) atoms. The number of phenolic OH excluding ortho intramolecular Hbond substituents is 1. The second-order valence-corrected chi connectivity index (χ2v) is 21.1. The average Bonchev–Trinajstić information content (AvgIpc) is 3.42. The van der Waals surface area contributed by atoms with E-state index in [-0.39, 0.29) is 41.9 Å². The third-order valence-corrected chi connectivity index (χ3v) is 17.4. The Bertz CT molecular complexity index is 1810. The highest BCUT2D eigenvalue weighted by Gasteiger charge is 2.57. The van der Waals surface area contributed by atoms with Crippen LogP contribution in [0.3, 0.4) is 0 Å². The Hall–Kier alpha value is -3.53. The first-order chi connectivity index (χ1) is 25.9. The lowest BCUT2D eigenvalue weighted by atomic mass is 9.68. The number of nitrogens with zero attached hydrogens (tertiary/aromatic N) is 1. The number of aromatic hydroxyl groups is 1. The summed E-state index contributed by atoms with van der Waals surface area (Å²) < 4.78 is 7.41. The average molecular weight is 770 g/mol. The van der Waals surface area contributed by atoms with Crippen LogP contribution < -0.4 is 10.4 Å². The number of allylic oxidation sites excluding steroid dienone is 1. The Balaban J connectivity index is 1.40. The van der Waals surface area contributed by atoms with Gasteiger partial charge in [-0.15, -0.1) is 0 Å². The maximum atomic E-state index is 14.3. The molecular formula is C45H56ClNO6Si. The molecule has 3 aromatic carbocycles. The summed E-state index contributed by atoms with van der Waals surface area (Å²) in [5.74, 6) is -2.28. The third kappa shape index (κ3) is 7.91. The highest BCUT2D eigenvalue weighted by Crippen LogP contribution is 2.48. The summed E-state index contributed by atoms with van der Waals surface area (Å²) >= 11 is 6.45. The summed E-state index contributed by atoms with van der Waals surface area (Å²) in [6.45, 7) is 8.53. The van der Waals surface area contributed by atoms with Crippen molar-refractivity contribution in [2.45, 2.75) is 103 Å². The fourth-order valence-electron chi connectivity index (χ4n) is 9.45. The van der Waals surface area contributed by atoms with Crippen LogP contribution in [-0.4, -0.2) is 65.7 Å². The zero-order valence-corrected chi connectivity index (χ0v) is 33.9. The molecule has 3 N–H and O–H groups in total. The van der Waals surface area contributed by atoms with E-state index in [0.29, 0.717) is 29.9 Å². The zero-order valence-electron chi connectivity index (χ0n) is 32.1. The molecule has 0 spiro atoms. The monoisotopic (exact) mass is 769 g/mol. The first kappa shape index (κ1) is 40.1. The standard InChI is InChI=1S/C45H56ClNO6Si/c1-5-30(25-31-22-23-34(49)27-39(31)46)21-24-40(50)41-32(26-37-42(38(41)28-48)44(52)47(43(37)51)33-15-9-6-10-16-33)29-53-54(45(2,3)4,35-17-11-7-12-18-35)36-19-13-8-14-20-36/h7-8,11-14,17-20,22-23,25,27,33,37-38,40,42,48-50H,5-6,9-10,15-16,21,24,26,28-29H2,1-4H3/b30-25+/t37-,38+,40-,42-/m1/s1. The summed E-state index contributed by atoms with van der Waals surface area (Å²) in [5, 5.41) is 35.7. The van der Waals surface area contributed by atoms with Gasteiger partial charge in [-0.2, -0.15) is 0 Å². The van der Waals surface area contributed by atoms with Crippen LogP contribution in [0.2, 0.25) is 10.1 Å². The molecule has 0 bridgehead atoms. The van der Waals surface area contributed by atoms with Gasteiger partial charge in [0.05, 0.1) is 36.2 Å². The second kappa shape index (κ2) is 17.1. The van der Waals surface area contributed by atoms with Crippen molar-refractivity contribution in [2.75, 3.05) is 13.2 Å². The van der Waals surface area contributed by atoms with Crippen molar-refractivity contribution in [3.8, 4) is 5.75 Å². The molecule has 4 atom stereocenters. The minimum absolute atomic E-state index is 0.0954. The number of imide groups is 1. The molecular weight excluding hydrogens is 714 g/mol. The smallest absolute Gasteiger partial charge is 0.261 e. The van der Waals surface area contributed by atoms with Crippen molar-refractivity contribution >= 4 is 48.2 Å². The van der Waals surface area contributed by atoms with E-state index in [1.807, 2.05) is 42.5 Å². The van der Waals surface area contributed by atoms with E-state index in [1.54, 1.807) is 12.1 Å². The number of rotatable bonds is 13. The lowest BCUT2D eigenvalue weighted by molar-refractivity contribution is -0.143. The van der Waals surface area contributed by atoms with Crippen molar-refractivity contribution in [3.05, 3.63) is 106 Å². The van der Waals surface area contributed by atoms with E-state index in [1.165, 1.54) is 11.0 Å². The predicted molar refractivity (Wildman–Crippen MR) is 218 cm³/mol. The van der Waals surface area contributed by atoms with Crippen LogP contribution in [0.5, 0.6) is 5.75 Å². The molecule has 288 valence electrons. The largest absolute Gasteiger partial charge is 0.508 e. The Labute approximate surface area is 326 Å². The van der Waals surface area contributed by atoms with E-state index in [9.17, 15) is 24.9 Å². The third-order valence-electron chi connectivity index (χ3n) is 12.1. The van der Waals surface area contributed by atoms with Crippen LogP contribution in [0.1, 0.15) is 91.0 Å². The number of amides is 2. The Morgan fingerprint density at radius 1 is 0.963 bits per heavy atom. The molecule has 3 aliphatic rings. The van der Waals surface area contributed by atoms with Crippen LogP contribution in [0.4, 0.5) is 0 Å². The van der Waals surface area contributed by atoms with Crippen molar-refractivity contribution in [2.24, 2.45) is 17.8 Å². The van der Waals surface area contributed by atoms with Crippen LogP contribution in [-0.2, 0) is 14.0 Å². The molecule has 1 aliphatic heterocycles. The minimum atomic E-state index is -3.01. The number of hydrogen-bond donors (Lipinski definition) is 3. The number of halogens is 1. The van der Waals surface area contributed by atoms with Gasteiger partial charge in [0.2, 0.25) is 11.8 Å². The van der Waals surface area contributed by atoms with Gasteiger partial charge in [-0.3, -0.25) is 14.5 Å². The minimum Gasteiger partial charge on any atom is -0.508 e. The highest BCUT2D eigenvalue weighted by molar-refractivity contribution is 6.99. The fraction of sp³-hybridized carbons (Fsp3) is 0.467. The molecule has 1 saturated carbocycles. The van der Waals surface area contributed by atoms with Gasteiger partial charge >= 0.3 is 0 Å². The van der Waals surface area contributed by atoms with Gasteiger partial charge < -0.3 is 19.7 Å². The number of likely N-dealkylation sites (tertiary alicyclic amines) is 1. The molecule has 2 aliphatic carbocycles. The fourth-order valence-corrected chi connectivity index (χ4v) is 14.2. The van der Waals surface area contributed by atoms with Gasteiger partial charge in [-0.1, -0.05) is 131 Å². The van der Waals surface area contributed by atoms with E-state index in [4.69, 9.17) is 16.0 Å². The molecule has 1 heterocycles. The number of hydrogen-bond acceptors (Lipinski definition) is 6. The molecule has 0 unspecified atom stereocenters. The van der Waals surface area contributed by atoms with E-state index >= 15 is 0 Å². The van der Waals surface area contributed by atoms with Gasteiger partial charge in [-0.05, 0) is 88.8 Å². The van der Waals surface area contributed by atoms with E-state index < -0.39 is 32.2 Å². The van der Waals surface area contributed by atoms with Gasteiger partial charge in [-0.25, -0.2) is 0 Å². The van der Waals surface area contributed by atoms with E-state index in [0.717, 1.165) is 65.6 Å². The number of carbonyl (C=O) groups is 2. The number of fused-ring (bicyclic) bond motifs is 1. The zero-order chi connectivity index (χ0) is 38.6. The second-order valence-electron chi connectivity index (χ2n) is 16.4. The summed E-state index contributed by atoms with van der Waals surface area (Å²) in [4.78, 5) is 30.1.